The molecule has 27 heavy (non-hydrogen) atoms. The third-order valence-corrected chi connectivity index (χ3v) is 6.24. The Morgan fingerprint density at radius 3 is 2.74 bits per heavy atom. The maximum Gasteiger partial charge on any atom is 0.123 e. The molecule has 1 atom stereocenters. The first-order chi connectivity index (χ1) is 13.2. The molecule has 1 aromatic carbocycles. The fraction of sp³-hybridized carbons (Fsp3) is 0.143. The molecular weight excluding hydrogens is 398 g/mol. The van der Waals surface area contributed by atoms with E-state index in [9.17, 15) is 5.11 Å². The summed E-state index contributed by atoms with van der Waals surface area (Å²) >= 11 is 9.20. The lowest BCUT2D eigenvalue weighted by molar-refractivity contribution is 0.215. The van der Waals surface area contributed by atoms with Crippen LogP contribution in [0, 0.1) is 0 Å². The molecule has 3 nitrogen and oxygen atoms in total. The summed E-state index contributed by atoms with van der Waals surface area (Å²) in [6.07, 6.45) is 5.15. The zero-order valence-electron chi connectivity index (χ0n) is 14.4. The van der Waals surface area contributed by atoms with Gasteiger partial charge in [0.25, 0.3) is 0 Å². The lowest BCUT2D eigenvalue weighted by Gasteiger charge is -2.18. The Morgan fingerprint density at radius 2 is 2.04 bits per heavy atom. The fourth-order valence-electron chi connectivity index (χ4n) is 2.96. The van der Waals surface area contributed by atoms with Gasteiger partial charge in [-0.25, -0.2) is 0 Å². The van der Waals surface area contributed by atoms with E-state index >= 15 is 0 Å². The highest BCUT2D eigenvalue weighted by atomic mass is 35.5. The second-order valence-electron chi connectivity index (χ2n) is 6.10. The molecule has 0 saturated carbocycles. The molecule has 2 N–H and O–H groups in total. The molecule has 0 bridgehead atoms. The van der Waals surface area contributed by atoms with E-state index in [1.807, 2.05) is 35.9 Å². The van der Waals surface area contributed by atoms with Gasteiger partial charge in [-0.3, -0.25) is 0 Å². The number of rotatable bonds is 6. The van der Waals surface area contributed by atoms with Crippen LogP contribution in [0.1, 0.15) is 16.5 Å². The monoisotopic (exact) mass is 415 g/mol. The van der Waals surface area contributed by atoms with Gasteiger partial charge in [-0.1, -0.05) is 23.8 Å². The van der Waals surface area contributed by atoms with Gasteiger partial charge in [-0.05, 0) is 57.6 Å². The molecule has 0 aliphatic carbocycles. The van der Waals surface area contributed by atoms with Gasteiger partial charge in [-0.2, -0.15) is 11.3 Å². The minimum absolute atomic E-state index is 0.396. The van der Waals surface area contributed by atoms with E-state index < -0.39 is 6.10 Å². The van der Waals surface area contributed by atoms with E-state index in [1.165, 1.54) is 0 Å². The SMILES string of the molecule is OC(C1=CNCC=C1)c1c(-c2ccsc2)csc1COc1ccc(Cl)cc1. The zero-order chi connectivity index (χ0) is 18.6. The lowest BCUT2D eigenvalue weighted by Crippen LogP contribution is -2.14. The van der Waals surface area contributed by atoms with Gasteiger partial charge in [0.05, 0.1) is 0 Å². The normalized spacial score (nSPS) is 14.5. The van der Waals surface area contributed by atoms with Gasteiger partial charge >= 0.3 is 0 Å². The Bertz CT molecular complexity index is 959. The molecule has 6 heteroatoms. The van der Waals surface area contributed by atoms with Gasteiger partial charge < -0.3 is 15.2 Å². The maximum atomic E-state index is 11.1. The molecule has 3 heterocycles. The number of aliphatic hydroxyl groups is 1. The van der Waals surface area contributed by atoms with Gasteiger partial charge in [0, 0.05) is 33.8 Å². The molecule has 0 radical (unpaired) electrons. The molecule has 4 rings (SSSR count). The largest absolute Gasteiger partial charge is 0.488 e. The van der Waals surface area contributed by atoms with Crippen molar-refractivity contribution < 1.29 is 9.84 Å². The van der Waals surface area contributed by atoms with Crippen molar-refractivity contribution in [3.05, 3.63) is 85.9 Å². The first kappa shape index (κ1) is 18.3. The van der Waals surface area contributed by atoms with Crippen LogP contribution >= 0.6 is 34.3 Å². The van der Waals surface area contributed by atoms with Gasteiger partial charge in [0.15, 0.2) is 0 Å². The summed E-state index contributed by atoms with van der Waals surface area (Å²) in [5.74, 6) is 0.753. The smallest absolute Gasteiger partial charge is 0.123 e. The van der Waals surface area contributed by atoms with E-state index in [-0.39, 0.29) is 0 Å². The maximum absolute atomic E-state index is 11.1. The summed E-state index contributed by atoms with van der Waals surface area (Å²) in [4.78, 5) is 1.01. The number of thiophene rings is 2. The zero-order valence-corrected chi connectivity index (χ0v) is 16.8. The Labute approximate surface area is 171 Å². The van der Waals surface area contributed by atoms with Crippen LogP contribution in [0.4, 0.5) is 0 Å². The van der Waals surface area contributed by atoms with Crippen LogP contribution in [-0.4, -0.2) is 11.7 Å². The highest BCUT2D eigenvalue weighted by Gasteiger charge is 2.23. The van der Waals surface area contributed by atoms with Crippen molar-refractivity contribution in [3.63, 3.8) is 0 Å². The Hall–Kier alpha value is -2.05. The number of ether oxygens (including phenoxy) is 1. The van der Waals surface area contributed by atoms with Crippen LogP contribution in [0.15, 0.2) is 70.4 Å². The summed E-state index contributed by atoms with van der Waals surface area (Å²) in [5.41, 5.74) is 3.94. The highest BCUT2D eigenvalue weighted by Crippen LogP contribution is 2.40. The fourth-order valence-corrected chi connectivity index (χ4v) is 4.74. The molecule has 1 unspecified atom stereocenters. The molecular formula is C21H18ClNO2S2. The second kappa shape index (κ2) is 8.31. The minimum Gasteiger partial charge on any atom is -0.488 e. The molecule has 0 amide bonds. The van der Waals surface area contributed by atoms with Crippen molar-refractivity contribution in [1.29, 1.82) is 0 Å². The first-order valence-electron chi connectivity index (χ1n) is 8.51. The van der Waals surface area contributed by atoms with Crippen molar-refractivity contribution >= 4 is 34.3 Å². The van der Waals surface area contributed by atoms with Crippen LogP contribution in [0.25, 0.3) is 11.1 Å². The lowest BCUT2D eigenvalue weighted by atomic mass is 9.95. The van der Waals surface area contributed by atoms with Crippen LogP contribution in [0.2, 0.25) is 5.02 Å². The van der Waals surface area contributed by atoms with E-state index in [4.69, 9.17) is 16.3 Å². The van der Waals surface area contributed by atoms with Crippen molar-refractivity contribution in [1.82, 2.24) is 5.32 Å². The molecule has 0 fully saturated rings. The summed E-state index contributed by atoms with van der Waals surface area (Å²) in [6, 6.07) is 9.39. The molecule has 1 aliphatic heterocycles. The number of hydrogen-bond acceptors (Lipinski definition) is 5. The number of aliphatic hydroxyl groups excluding tert-OH is 1. The van der Waals surface area contributed by atoms with Gasteiger partial charge in [-0.15, -0.1) is 11.3 Å². The van der Waals surface area contributed by atoms with Crippen LogP contribution in [0.5, 0.6) is 5.75 Å². The number of benzene rings is 1. The number of dihydropyridines is 1. The summed E-state index contributed by atoms with van der Waals surface area (Å²) in [5, 5.41) is 21.2. The quantitative estimate of drug-likeness (QED) is 0.535. The highest BCUT2D eigenvalue weighted by molar-refractivity contribution is 7.10. The number of nitrogens with one attached hydrogen (secondary N) is 1. The summed E-state index contributed by atoms with van der Waals surface area (Å²) in [6.45, 7) is 1.18. The van der Waals surface area contributed by atoms with Gasteiger partial charge in [0.2, 0.25) is 0 Å². The summed E-state index contributed by atoms with van der Waals surface area (Å²) in [7, 11) is 0. The predicted octanol–water partition coefficient (Wildman–Crippen LogP) is 5.79. The van der Waals surface area contributed by atoms with E-state index in [2.05, 4.69) is 22.1 Å². The molecule has 2 aromatic heterocycles. The molecule has 138 valence electrons. The average Bonchev–Trinajstić information content (AvgIpc) is 3.37. The summed E-state index contributed by atoms with van der Waals surface area (Å²) < 4.78 is 5.95. The van der Waals surface area contributed by atoms with Crippen molar-refractivity contribution in [2.75, 3.05) is 6.54 Å². The van der Waals surface area contributed by atoms with Crippen molar-refractivity contribution in [2.24, 2.45) is 0 Å². The van der Waals surface area contributed by atoms with Crippen LogP contribution in [0.3, 0.4) is 0 Å². The third-order valence-electron chi connectivity index (χ3n) is 4.33. The predicted molar refractivity (Wildman–Crippen MR) is 114 cm³/mol. The van der Waals surface area contributed by atoms with Crippen LogP contribution in [-0.2, 0) is 6.61 Å². The molecule has 0 saturated heterocycles. The Morgan fingerprint density at radius 1 is 1.19 bits per heavy atom. The van der Waals surface area contributed by atoms with E-state index in [0.29, 0.717) is 11.6 Å². The van der Waals surface area contributed by atoms with Crippen molar-refractivity contribution in [3.8, 4) is 16.9 Å². The third kappa shape index (κ3) is 4.12. The number of halogens is 1. The molecule has 1 aliphatic rings. The van der Waals surface area contributed by atoms with Gasteiger partial charge in [0.1, 0.15) is 18.5 Å². The average molecular weight is 416 g/mol. The van der Waals surface area contributed by atoms with E-state index in [1.54, 1.807) is 34.8 Å². The number of hydrogen-bond donors (Lipinski definition) is 2. The Kier molecular flexibility index (Phi) is 5.64. The van der Waals surface area contributed by atoms with Crippen molar-refractivity contribution in [2.45, 2.75) is 12.7 Å². The van der Waals surface area contributed by atoms with Crippen LogP contribution < -0.4 is 10.1 Å². The first-order valence-corrected chi connectivity index (χ1v) is 10.7. The standard InChI is InChI=1S/C21H18ClNO2S2/c22-16-3-5-17(6-4-16)25-11-19-20(21(24)14-2-1-8-23-10-14)18(13-27-19)15-7-9-26-12-15/h1-7,9-10,12-13,21,23-24H,8,11H2. The van der Waals surface area contributed by atoms with E-state index in [0.717, 1.165) is 39.4 Å². The minimum atomic E-state index is -0.709. The topological polar surface area (TPSA) is 41.5 Å². The molecule has 3 aromatic rings. The molecule has 0 spiro atoms. The second-order valence-corrected chi connectivity index (χ2v) is 8.28. The Balaban J connectivity index is 1.65.